The van der Waals surface area contributed by atoms with E-state index < -0.39 is 0 Å². The van der Waals surface area contributed by atoms with Crippen molar-refractivity contribution in [2.75, 3.05) is 31.2 Å². The van der Waals surface area contributed by atoms with Crippen molar-refractivity contribution < 1.29 is 9.47 Å². The summed E-state index contributed by atoms with van der Waals surface area (Å²) in [6.07, 6.45) is 0. The second-order valence-corrected chi connectivity index (χ2v) is 9.20. The molecule has 0 saturated carbocycles. The zero-order valence-electron chi connectivity index (χ0n) is 17.8. The fourth-order valence-electron chi connectivity index (χ4n) is 4.23. The molecule has 2 aliphatic rings. The molecule has 0 atom stereocenters. The molecule has 2 fully saturated rings. The van der Waals surface area contributed by atoms with Crippen LogP contribution in [0.4, 0.5) is 5.82 Å². The molecule has 3 heterocycles. The Morgan fingerprint density at radius 3 is 2.03 bits per heavy atom. The van der Waals surface area contributed by atoms with Crippen molar-refractivity contribution in [1.82, 2.24) is 10.2 Å². The molecule has 0 aliphatic carbocycles. The van der Waals surface area contributed by atoms with Crippen LogP contribution in [0.15, 0.2) is 60.7 Å². The summed E-state index contributed by atoms with van der Waals surface area (Å²) in [7, 11) is 0. The Labute approximate surface area is 177 Å². The number of aryl methyl sites for hydroxylation is 1. The van der Waals surface area contributed by atoms with Crippen LogP contribution in [0.3, 0.4) is 0 Å². The lowest BCUT2D eigenvalue weighted by atomic mass is 9.78. The molecule has 2 aliphatic heterocycles. The van der Waals surface area contributed by atoms with E-state index in [2.05, 4.69) is 72.3 Å². The average molecular weight is 402 g/mol. The molecular weight excluding hydrogens is 374 g/mol. The summed E-state index contributed by atoms with van der Waals surface area (Å²) in [4.78, 5) is 2.24. The summed E-state index contributed by atoms with van der Waals surface area (Å²) in [6.45, 7) is 10.3. The van der Waals surface area contributed by atoms with Gasteiger partial charge in [0.2, 0.25) is 5.88 Å². The van der Waals surface area contributed by atoms with E-state index in [-0.39, 0.29) is 5.41 Å². The van der Waals surface area contributed by atoms with Crippen LogP contribution in [-0.2, 0) is 10.2 Å². The predicted molar refractivity (Wildman–Crippen MR) is 117 cm³/mol. The highest BCUT2D eigenvalue weighted by Gasteiger charge is 2.49. The molecule has 5 nitrogen and oxygen atoms in total. The first-order chi connectivity index (χ1) is 14.4. The van der Waals surface area contributed by atoms with Gasteiger partial charge in [-0.05, 0) is 36.2 Å². The summed E-state index contributed by atoms with van der Waals surface area (Å²) >= 11 is 0. The lowest BCUT2D eigenvalue weighted by Gasteiger charge is -2.55. The van der Waals surface area contributed by atoms with E-state index in [1.54, 1.807) is 0 Å². The maximum atomic E-state index is 5.92. The minimum absolute atomic E-state index is 0.0757. The van der Waals surface area contributed by atoms with Crippen LogP contribution in [0.25, 0.3) is 0 Å². The van der Waals surface area contributed by atoms with E-state index in [0.29, 0.717) is 11.3 Å². The zero-order valence-corrected chi connectivity index (χ0v) is 17.8. The third-order valence-electron chi connectivity index (χ3n) is 6.39. The van der Waals surface area contributed by atoms with Crippen LogP contribution in [0, 0.1) is 12.3 Å². The Bertz CT molecular complexity index is 1020. The van der Waals surface area contributed by atoms with Gasteiger partial charge in [0.1, 0.15) is 5.75 Å². The van der Waals surface area contributed by atoms with E-state index in [1.165, 1.54) is 16.7 Å². The molecule has 0 bridgehead atoms. The molecule has 3 aromatic rings. The summed E-state index contributed by atoms with van der Waals surface area (Å²) in [5, 5.41) is 8.58. The smallest absolute Gasteiger partial charge is 0.238 e. The second-order valence-electron chi connectivity index (χ2n) is 9.20. The van der Waals surface area contributed by atoms with Crippen molar-refractivity contribution in [2.45, 2.75) is 26.2 Å². The van der Waals surface area contributed by atoms with Crippen molar-refractivity contribution in [2.24, 2.45) is 5.41 Å². The normalized spacial score (nSPS) is 17.4. The van der Waals surface area contributed by atoms with Crippen molar-refractivity contribution in [3.8, 4) is 11.6 Å². The maximum Gasteiger partial charge on any atom is 0.238 e. The highest BCUT2D eigenvalue weighted by Crippen LogP contribution is 2.39. The summed E-state index contributed by atoms with van der Waals surface area (Å²) in [5.74, 6) is 2.16. The first-order valence-electron chi connectivity index (χ1n) is 10.5. The highest BCUT2D eigenvalue weighted by molar-refractivity contribution is 5.45. The van der Waals surface area contributed by atoms with Crippen molar-refractivity contribution in [3.05, 3.63) is 77.4 Å². The standard InChI is InChI=1S/C25H27N3O2/c1-18-4-6-19(7-5-18)24(2,3)20-8-10-21(11-9-20)30-23-13-12-22(26-27-23)28-14-25(15-28)16-29-17-25/h4-13H,14-17H2,1-3H3. The third-order valence-corrected chi connectivity index (χ3v) is 6.39. The van der Waals surface area contributed by atoms with Crippen LogP contribution in [0.5, 0.6) is 11.6 Å². The molecule has 2 aromatic carbocycles. The minimum Gasteiger partial charge on any atom is -0.438 e. The number of rotatable bonds is 5. The molecule has 1 aromatic heterocycles. The van der Waals surface area contributed by atoms with Gasteiger partial charge in [-0.15, -0.1) is 10.2 Å². The minimum atomic E-state index is -0.0757. The molecule has 30 heavy (non-hydrogen) atoms. The van der Waals surface area contributed by atoms with Crippen LogP contribution < -0.4 is 9.64 Å². The van der Waals surface area contributed by atoms with Gasteiger partial charge >= 0.3 is 0 Å². The Morgan fingerprint density at radius 1 is 0.867 bits per heavy atom. The molecule has 5 heteroatoms. The van der Waals surface area contributed by atoms with E-state index in [4.69, 9.17) is 9.47 Å². The van der Waals surface area contributed by atoms with E-state index in [9.17, 15) is 0 Å². The molecular formula is C25H27N3O2. The van der Waals surface area contributed by atoms with Gasteiger partial charge in [0.25, 0.3) is 0 Å². The SMILES string of the molecule is Cc1ccc(C(C)(C)c2ccc(Oc3ccc(N4CC5(COC5)C4)nn3)cc2)cc1. The first-order valence-corrected chi connectivity index (χ1v) is 10.5. The molecule has 0 radical (unpaired) electrons. The largest absolute Gasteiger partial charge is 0.438 e. The number of hydrogen-bond donors (Lipinski definition) is 0. The predicted octanol–water partition coefficient (Wildman–Crippen LogP) is 4.74. The Kier molecular flexibility index (Phi) is 4.51. The first kappa shape index (κ1) is 19.1. The molecule has 1 spiro atoms. The Balaban J connectivity index is 1.24. The molecule has 2 saturated heterocycles. The van der Waals surface area contributed by atoms with Crippen molar-refractivity contribution in [1.29, 1.82) is 0 Å². The molecule has 0 amide bonds. The number of anilines is 1. The monoisotopic (exact) mass is 401 g/mol. The molecule has 5 rings (SSSR count). The molecule has 0 unspecified atom stereocenters. The summed E-state index contributed by atoms with van der Waals surface area (Å²) in [6, 6.07) is 20.8. The fraction of sp³-hybridized carbons (Fsp3) is 0.360. The lowest BCUT2D eigenvalue weighted by molar-refractivity contribution is -0.127. The maximum absolute atomic E-state index is 5.92. The topological polar surface area (TPSA) is 47.5 Å². The Hall–Kier alpha value is -2.92. The van der Waals surface area contributed by atoms with Crippen molar-refractivity contribution >= 4 is 5.82 Å². The number of nitrogens with zero attached hydrogens (tertiary/aromatic N) is 3. The number of benzene rings is 2. The summed E-state index contributed by atoms with van der Waals surface area (Å²) in [5.41, 5.74) is 4.10. The van der Waals surface area contributed by atoms with Crippen LogP contribution >= 0.6 is 0 Å². The lowest BCUT2D eigenvalue weighted by Crippen LogP contribution is -2.66. The number of aromatic nitrogens is 2. The van der Waals surface area contributed by atoms with Gasteiger partial charge in [-0.1, -0.05) is 55.8 Å². The second kappa shape index (κ2) is 7.10. The summed E-state index contributed by atoms with van der Waals surface area (Å²) < 4.78 is 11.2. The van der Waals surface area contributed by atoms with Crippen LogP contribution in [-0.4, -0.2) is 36.5 Å². The van der Waals surface area contributed by atoms with Gasteiger partial charge in [0.15, 0.2) is 5.82 Å². The van der Waals surface area contributed by atoms with Gasteiger partial charge in [-0.2, -0.15) is 0 Å². The quantitative estimate of drug-likeness (QED) is 0.618. The van der Waals surface area contributed by atoms with Crippen molar-refractivity contribution in [3.63, 3.8) is 0 Å². The van der Waals surface area contributed by atoms with Crippen LogP contribution in [0.1, 0.15) is 30.5 Å². The van der Waals surface area contributed by atoms with Gasteiger partial charge in [-0.3, -0.25) is 0 Å². The molecule has 154 valence electrons. The van der Waals surface area contributed by atoms with Gasteiger partial charge in [-0.25, -0.2) is 0 Å². The fourth-order valence-corrected chi connectivity index (χ4v) is 4.23. The van der Waals surface area contributed by atoms with E-state index in [1.807, 2.05) is 24.3 Å². The number of hydrogen-bond acceptors (Lipinski definition) is 5. The van der Waals surface area contributed by atoms with Gasteiger partial charge in [0.05, 0.1) is 18.6 Å². The molecule has 0 N–H and O–H groups in total. The van der Waals surface area contributed by atoms with Crippen LogP contribution in [0.2, 0.25) is 0 Å². The van der Waals surface area contributed by atoms with Gasteiger partial charge < -0.3 is 14.4 Å². The number of ether oxygens (including phenoxy) is 2. The van der Waals surface area contributed by atoms with E-state index >= 15 is 0 Å². The highest BCUT2D eigenvalue weighted by atomic mass is 16.5. The van der Waals surface area contributed by atoms with E-state index in [0.717, 1.165) is 37.9 Å². The van der Waals surface area contributed by atoms with Gasteiger partial charge in [0, 0.05) is 24.6 Å². The average Bonchev–Trinajstić information content (AvgIpc) is 2.68. The zero-order chi connectivity index (χ0) is 20.8. The third kappa shape index (κ3) is 3.43. The Morgan fingerprint density at radius 2 is 1.50 bits per heavy atom.